The van der Waals surface area contributed by atoms with Gasteiger partial charge in [0.15, 0.2) is 0 Å². The molecular formula is C21H31N5O6. The molecule has 0 amide bonds. The van der Waals surface area contributed by atoms with Crippen molar-refractivity contribution in [1.82, 2.24) is 24.0 Å². The van der Waals surface area contributed by atoms with E-state index in [4.69, 9.17) is 9.47 Å². The Kier molecular flexibility index (Phi) is 9.39. The normalized spacial score (nSPS) is 10.9. The van der Waals surface area contributed by atoms with Crippen molar-refractivity contribution in [3.8, 4) is 0 Å². The minimum Gasteiger partial charge on any atom is -0.468 e. The molecule has 32 heavy (non-hydrogen) atoms. The Morgan fingerprint density at radius 2 is 1.19 bits per heavy atom. The third-order valence-electron chi connectivity index (χ3n) is 4.95. The molecule has 2 aromatic heterocycles. The van der Waals surface area contributed by atoms with E-state index in [1.54, 1.807) is 12.4 Å². The summed E-state index contributed by atoms with van der Waals surface area (Å²) in [5, 5.41) is 0. The van der Waals surface area contributed by atoms with Gasteiger partial charge in [-0.05, 0) is 27.7 Å². The zero-order valence-corrected chi connectivity index (χ0v) is 19.3. The molecular weight excluding hydrogens is 418 g/mol. The summed E-state index contributed by atoms with van der Waals surface area (Å²) in [6.07, 6.45) is 3.49. The van der Waals surface area contributed by atoms with Crippen molar-refractivity contribution in [3.63, 3.8) is 0 Å². The summed E-state index contributed by atoms with van der Waals surface area (Å²) < 4.78 is 19.0. The van der Waals surface area contributed by atoms with E-state index in [-0.39, 0.29) is 32.8 Å². The molecule has 0 bridgehead atoms. The summed E-state index contributed by atoms with van der Waals surface area (Å²) in [4.78, 5) is 45.9. The van der Waals surface area contributed by atoms with E-state index in [1.807, 2.05) is 36.8 Å². The van der Waals surface area contributed by atoms with Gasteiger partial charge < -0.3 is 23.3 Å². The molecule has 0 aromatic carbocycles. The van der Waals surface area contributed by atoms with Crippen molar-refractivity contribution in [3.05, 3.63) is 35.4 Å². The molecule has 176 valence electrons. The van der Waals surface area contributed by atoms with Crippen molar-refractivity contribution in [2.24, 2.45) is 0 Å². The van der Waals surface area contributed by atoms with E-state index in [2.05, 4.69) is 14.7 Å². The van der Waals surface area contributed by atoms with Crippen LogP contribution in [0.5, 0.6) is 0 Å². The Labute approximate surface area is 187 Å². The van der Waals surface area contributed by atoms with Crippen LogP contribution in [0.3, 0.4) is 0 Å². The van der Waals surface area contributed by atoms with Crippen molar-refractivity contribution < 1.29 is 28.6 Å². The van der Waals surface area contributed by atoms with E-state index in [1.165, 1.54) is 12.0 Å². The van der Waals surface area contributed by atoms with Gasteiger partial charge in [-0.2, -0.15) is 0 Å². The molecule has 0 saturated carbocycles. The van der Waals surface area contributed by atoms with E-state index >= 15 is 0 Å². The molecule has 11 heteroatoms. The SMILES string of the molecule is COC(=O)CN(CC(=O)OCCn1c(C)cnc1C)CC(=O)OCCn1c(C)cnc1C. The fraction of sp³-hybridized carbons (Fsp3) is 0.571. The average Bonchev–Trinajstić information content (AvgIpc) is 3.23. The van der Waals surface area contributed by atoms with Crippen LogP contribution in [-0.4, -0.2) is 81.9 Å². The molecule has 0 fully saturated rings. The maximum Gasteiger partial charge on any atom is 0.320 e. The highest BCUT2D eigenvalue weighted by atomic mass is 16.5. The van der Waals surface area contributed by atoms with Crippen molar-refractivity contribution in [2.45, 2.75) is 40.8 Å². The van der Waals surface area contributed by atoms with Crippen molar-refractivity contribution in [2.75, 3.05) is 40.0 Å². The first-order chi connectivity index (χ1) is 15.2. The third kappa shape index (κ3) is 7.49. The molecule has 11 nitrogen and oxygen atoms in total. The number of ether oxygens (including phenoxy) is 3. The van der Waals surface area contributed by atoms with Crippen LogP contribution in [0.15, 0.2) is 12.4 Å². The van der Waals surface area contributed by atoms with Crippen molar-refractivity contribution >= 4 is 17.9 Å². The predicted octanol–water partition coefficient (Wildman–Crippen LogP) is 0.575. The molecule has 2 heterocycles. The summed E-state index contributed by atoms with van der Waals surface area (Å²) in [6, 6.07) is 0. The van der Waals surface area contributed by atoms with Crippen LogP contribution in [0.4, 0.5) is 0 Å². The van der Waals surface area contributed by atoms with Gasteiger partial charge in [-0.1, -0.05) is 0 Å². The minimum absolute atomic E-state index is 0.150. The molecule has 0 spiro atoms. The predicted molar refractivity (Wildman–Crippen MR) is 114 cm³/mol. The van der Waals surface area contributed by atoms with E-state index in [0.717, 1.165) is 23.0 Å². The number of carbonyl (C=O) groups excluding carboxylic acids is 3. The highest BCUT2D eigenvalue weighted by Crippen LogP contribution is 2.04. The van der Waals surface area contributed by atoms with Gasteiger partial charge in [-0.3, -0.25) is 19.3 Å². The second kappa shape index (κ2) is 12.0. The van der Waals surface area contributed by atoms with Crippen LogP contribution in [0.1, 0.15) is 23.0 Å². The number of rotatable bonds is 12. The number of nitrogens with zero attached hydrogens (tertiary/aromatic N) is 5. The number of aromatic nitrogens is 4. The number of esters is 3. The summed E-state index contributed by atoms with van der Waals surface area (Å²) in [5.41, 5.74) is 1.93. The van der Waals surface area contributed by atoms with Crippen LogP contribution in [0, 0.1) is 27.7 Å². The van der Waals surface area contributed by atoms with Crippen LogP contribution < -0.4 is 0 Å². The molecule has 0 unspecified atom stereocenters. The quantitative estimate of drug-likeness (QED) is 0.339. The highest BCUT2D eigenvalue weighted by molar-refractivity contribution is 5.78. The molecule has 2 aromatic rings. The van der Waals surface area contributed by atoms with Gasteiger partial charge in [-0.15, -0.1) is 0 Å². The Morgan fingerprint density at radius 3 is 1.53 bits per heavy atom. The van der Waals surface area contributed by atoms with Gasteiger partial charge in [0.25, 0.3) is 0 Å². The number of methoxy groups -OCH3 is 1. The maximum absolute atomic E-state index is 12.2. The molecule has 0 saturated heterocycles. The van der Waals surface area contributed by atoms with Gasteiger partial charge in [0.1, 0.15) is 24.9 Å². The van der Waals surface area contributed by atoms with Crippen LogP contribution >= 0.6 is 0 Å². The zero-order chi connectivity index (χ0) is 23.7. The van der Waals surface area contributed by atoms with Gasteiger partial charge in [0.2, 0.25) is 0 Å². The lowest BCUT2D eigenvalue weighted by atomic mass is 10.4. The Morgan fingerprint density at radius 1 is 0.781 bits per heavy atom. The maximum atomic E-state index is 12.2. The van der Waals surface area contributed by atoms with Crippen LogP contribution in [0.2, 0.25) is 0 Å². The first-order valence-corrected chi connectivity index (χ1v) is 10.3. The molecule has 0 N–H and O–H groups in total. The summed E-state index contributed by atoms with van der Waals surface area (Å²) in [5.74, 6) is -0.0205. The lowest BCUT2D eigenvalue weighted by Gasteiger charge is -2.19. The van der Waals surface area contributed by atoms with Crippen molar-refractivity contribution in [1.29, 1.82) is 0 Å². The van der Waals surface area contributed by atoms with Crippen LogP contribution in [0.25, 0.3) is 0 Å². The summed E-state index contributed by atoms with van der Waals surface area (Å²) in [6.45, 7) is 8.08. The van der Waals surface area contributed by atoms with Gasteiger partial charge in [-0.25, -0.2) is 9.97 Å². The third-order valence-corrected chi connectivity index (χ3v) is 4.95. The largest absolute Gasteiger partial charge is 0.468 e. The Hall–Kier alpha value is -3.21. The molecule has 0 radical (unpaired) electrons. The zero-order valence-electron chi connectivity index (χ0n) is 19.3. The summed E-state index contributed by atoms with van der Waals surface area (Å²) in [7, 11) is 1.24. The first kappa shape index (κ1) is 25.1. The number of aryl methyl sites for hydroxylation is 4. The van der Waals surface area contributed by atoms with Crippen LogP contribution in [-0.2, 0) is 41.7 Å². The smallest absolute Gasteiger partial charge is 0.320 e. The fourth-order valence-corrected chi connectivity index (χ4v) is 3.21. The van der Waals surface area contributed by atoms with Gasteiger partial charge >= 0.3 is 17.9 Å². The highest BCUT2D eigenvalue weighted by Gasteiger charge is 2.20. The fourth-order valence-electron chi connectivity index (χ4n) is 3.21. The monoisotopic (exact) mass is 449 g/mol. The first-order valence-electron chi connectivity index (χ1n) is 10.3. The molecule has 0 aliphatic rings. The average molecular weight is 450 g/mol. The van der Waals surface area contributed by atoms with Gasteiger partial charge in [0.05, 0.1) is 39.8 Å². The topological polar surface area (TPSA) is 118 Å². The lowest BCUT2D eigenvalue weighted by Crippen LogP contribution is -2.40. The number of carbonyl (C=O) groups is 3. The lowest BCUT2D eigenvalue weighted by molar-refractivity contribution is -0.151. The second-order valence-electron chi connectivity index (χ2n) is 7.36. The molecule has 0 atom stereocenters. The second-order valence-corrected chi connectivity index (χ2v) is 7.36. The number of hydrogen-bond acceptors (Lipinski definition) is 9. The standard InChI is InChI=1S/C21H31N5O6/c1-15-10-22-17(3)25(15)6-8-31-20(28)13-24(12-19(27)30-5)14-21(29)32-9-7-26-16(2)11-23-18(26)4/h10-11H,6-9,12-14H2,1-5H3. The summed E-state index contributed by atoms with van der Waals surface area (Å²) >= 11 is 0. The number of imidazole rings is 2. The molecule has 0 aliphatic heterocycles. The van der Waals surface area contributed by atoms with E-state index in [0.29, 0.717) is 13.1 Å². The Bertz CT molecular complexity index is 830. The number of hydrogen-bond donors (Lipinski definition) is 0. The Balaban J connectivity index is 1.81. The van der Waals surface area contributed by atoms with E-state index < -0.39 is 17.9 Å². The van der Waals surface area contributed by atoms with E-state index in [9.17, 15) is 14.4 Å². The molecule has 2 rings (SSSR count). The van der Waals surface area contributed by atoms with Gasteiger partial charge in [0, 0.05) is 23.8 Å². The molecule has 0 aliphatic carbocycles. The minimum atomic E-state index is -0.570.